The van der Waals surface area contributed by atoms with Gasteiger partial charge in [0, 0.05) is 12.1 Å². The zero-order valence-corrected chi connectivity index (χ0v) is 21.7. The van der Waals surface area contributed by atoms with E-state index in [1.807, 2.05) is 78.9 Å². The van der Waals surface area contributed by atoms with Crippen molar-refractivity contribution in [2.75, 3.05) is 19.8 Å². The zero-order valence-electron chi connectivity index (χ0n) is 21.7. The van der Waals surface area contributed by atoms with Crippen LogP contribution in [0.15, 0.2) is 109 Å². The number of ether oxygens (including phenoxy) is 3. The number of nitrogens with zero attached hydrogens (tertiary/aromatic N) is 1. The summed E-state index contributed by atoms with van der Waals surface area (Å²) in [7, 11) is 0. The fourth-order valence-electron chi connectivity index (χ4n) is 5.07. The number of carbonyl (C=O) groups excluding carboxylic acids is 2. The van der Waals surface area contributed by atoms with E-state index < -0.39 is 17.7 Å². The van der Waals surface area contributed by atoms with Crippen molar-refractivity contribution in [1.29, 1.82) is 0 Å². The number of amides is 1. The first-order chi connectivity index (χ1) is 19.6. The molecule has 2 aliphatic heterocycles. The second-order valence-corrected chi connectivity index (χ2v) is 9.57. The number of benzene rings is 4. The number of rotatable bonds is 7. The molecular weight excluding hydrogens is 506 g/mol. The highest BCUT2D eigenvalue weighted by Crippen LogP contribution is 2.42. The minimum absolute atomic E-state index is 0.0200. The molecule has 0 aliphatic carbocycles. The van der Waals surface area contributed by atoms with E-state index in [1.54, 1.807) is 24.3 Å². The summed E-state index contributed by atoms with van der Waals surface area (Å²) in [5.74, 6) is 0.591. The molecule has 2 heterocycles. The van der Waals surface area contributed by atoms with Gasteiger partial charge in [0.05, 0.1) is 11.6 Å². The van der Waals surface area contributed by atoms with Crippen molar-refractivity contribution in [3.63, 3.8) is 0 Å². The Hall–Kier alpha value is -5.04. The molecular formula is C33H27NO6. The van der Waals surface area contributed by atoms with Crippen molar-refractivity contribution in [2.45, 2.75) is 12.5 Å². The van der Waals surface area contributed by atoms with Crippen LogP contribution in [0.2, 0.25) is 0 Å². The number of ketones is 1. The number of aliphatic hydroxyl groups excluding tert-OH is 1. The number of fused-ring (bicyclic) bond motifs is 1. The van der Waals surface area contributed by atoms with E-state index in [-0.39, 0.29) is 11.3 Å². The molecule has 1 amide bonds. The molecule has 0 radical (unpaired) electrons. The number of aliphatic hydroxyl groups is 1. The van der Waals surface area contributed by atoms with Gasteiger partial charge < -0.3 is 24.2 Å². The molecule has 4 aromatic rings. The molecule has 0 aromatic heterocycles. The summed E-state index contributed by atoms with van der Waals surface area (Å²) in [4.78, 5) is 28.4. The molecule has 4 aromatic carbocycles. The first-order valence-corrected chi connectivity index (χ1v) is 13.1. The number of likely N-dealkylation sites (tertiary alicyclic amines) is 1. The lowest BCUT2D eigenvalue weighted by atomic mass is 9.95. The summed E-state index contributed by atoms with van der Waals surface area (Å²) >= 11 is 0. The van der Waals surface area contributed by atoms with E-state index in [9.17, 15) is 14.7 Å². The molecule has 1 atom stereocenters. The molecule has 200 valence electrons. The summed E-state index contributed by atoms with van der Waals surface area (Å²) in [6.45, 7) is 1.11. The van der Waals surface area contributed by atoms with Gasteiger partial charge in [0.15, 0.2) is 11.5 Å². The fourth-order valence-corrected chi connectivity index (χ4v) is 5.07. The van der Waals surface area contributed by atoms with Crippen molar-refractivity contribution in [3.8, 4) is 23.0 Å². The topological polar surface area (TPSA) is 85.3 Å². The van der Waals surface area contributed by atoms with E-state index in [1.165, 1.54) is 4.90 Å². The van der Waals surface area contributed by atoms with Crippen LogP contribution in [-0.4, -0.2) is 41.5 Å². The summed E-state index contributed by atoms with van der Waals surface area (Å²) < 4.78 is 17.3. The number of Topliss-reactive ketones (excluding diaryl/α,β-unsaturated/α-hetero) is 1. The van der Waals surface area contributed by atoms with E-state index in [0.29, 0.717) is 60.3 Å². The lowest BCUT2D eigenvalue weighted by Gasteiger charge is -2.26. The highest BCUT2D eigenvalue weighted by atomic mass is 16.6. The lowest BCUT2D eigenvalue weighted by molar-refractivity contribution is -0.139. The van der Waals surface area contributed by atoms with Crippen LogP contribution in [0, 0.1) is 0 Å². The minimum atomic E-state index is -0.809. The average Bonchev–Trinajstić information content (AvgIpc) is 3.25. The SMILES string of the molecule is O=C1C(=O)N(CCc2ccccc2)C(c2cccc(Oc3ccccc3)c2)/C1=C(/O)c1ccc2c(c1)OCCO2. The van der Waals surface area contributed by atoms with Gasteiger partial charge >= 0.3 is 0 Å². The third kappa shape index (κ3) is 5.01. The van der Waals surface area contributed by atoms with Gasteiger partial charge in [0.2, 0.25) is 0 Å². The van der Waals surface area contributed by atoms with Crippen LogP contribution < -0.4 is 14.2 Å². The van der Waals surface area contributed by atoms with Crippen LogP contribution in [0.25, 0.3) is 5.76 Å². The number of hydrogen-bond acceptors (Lipinski definition) is 6. The minimum Gasteiger partial charge on any atom is -0.507 e. The van der Waals surface area contributed by atoms with Crippen LogP contribution in [0.4, 0.5) is 0 Å². The van der Waals surface area contributed by atoms with Crippen molar-refractivity contribution >= 4 is 17.4 Å². The maximum Gasteiger partial charge on any atom is 0.295 e. The normalized spacial score (nSPS) is 17.6. The molecule has 40 heavy (non-hydrogen) atoms. The molecule has 7 nitrogen and oxygen atoms in total. The average molecular weight is 534 g/mol. The Morgan fingerprint density at radius 2 is 1.50 bits per heavy atom. The zero-order chi connectivity index (χ0) is 27.5. The molecule has 7 heteroatoms. The molecule has 6 rings (SSSR count). The van der Waals surface area contributed by atoms with Gasteiger partial charge in [0.25, 0.3) is 11.7 Å². The number of para-hydroxylation sites is 1. The van der Waals surface area contributed by atoms with Crippen molar-refractivity contribution < 1.29 is 28.9 Å². The molecule has 0 spiro atoms. The van der Waals surface area contributed by atoms with Gasteiger partial charge in [-0.25, -0.2) is 0 Å². The Bertz CT molecular complexity index is 1580. The first-order valence-electron chi connectivity index (χ1n) is 13.1. The van der Waals surface area contributed by atoms with Crippen molar-refractivity contribution in [3.05, 3.63) is 125 Å². The summed E-state index contributed by atoms with van der Waals surface area (Å²) in [5.41, 5.74) is 2.08. The Kier molecular flexibility index (Phi) is 6.93. The summed E-state index contributed by atoms with van der Waals surface area (Å²) in [5, 5.41) is 11.5. The van der Waals surface area contributed by atoms with Crippen LogP contribution in [0.5, 0.6) is 23.0 Å². The maximum atomic E-state index is 13.5. The van der Waals surface area contributed by atoms with Gasteiger partial charge in [-0.05, 0) is 60.0 Å². The first kappa shape index (κ1) is 25.2. The molecule has 0 saturated carbocycles. The fraction of sp³-hybridized carbons (Fsp3) is 0.152. The predicted octanol–water partition coefficient (Wildman–Crippen LogP) is 5.91. The van der Waals surface area contributed by atoms with Crippen molar-refractivity contribution in [2.24, 2.45) is 0 Å². The number of carbonyl (C=O) groups is 2. The maximum absolute atomic E-state index is 13.5. The summed E-state index contributed by atoms with van der Waals surface area (Å²) in [6.07, 6.45) is 0.550. The molecule has 1 fully saturated rings. The van der Waals surface area contributed by atoms with Gasteiger partial charge in [-0.2, -0.15) is 0 Å². The van der Waals surface area contributed by atoms with Crippen LogP contribution in [-0.2, 0) is 16.0 Å². The highest BCUT2D eigenvalue weighted by molar-refractivity contribution is 6.46. The monoisotopic (exact) mass is 533 g/mol. The van der Waals surface area contributed by atoms with Crippen LogP contribution >= 0.6 is 0 Å². The lowest BCUT2D eigenvalue weighted by Crippen LogP contribution is -2.31. The Balaban J connectivity index is 1.41. The van der Waals surface area contributed by atoms with E-state index in [4.69, 9.17) is 14.2 Å². The molecule has 1 saturated heterocycles. The smallest absolute Gasteiger partial charge is 0.295 e. The predicted molar refractivity (Wildman–Crippen MR) is 150 cm³/mol. The standard InChI is InChI=1S/C33H27NO6/c35-31(24-14-15-27-28(21-24)39-19-18-38-27)29-30(23-10-7-13-26(20-23)40-25-11-5-2-6-12-25)34(33(37)32(29)36)17-16-22-8-3-1-4-9-22/h1-15,20-21,30,35H,16-19H2/b31-29-. The molecule has 1 unspecified atom stereocenters. The quantitative estimate of drug-likeness (QED) is 0.181. The third-order valence-corrected chi connectivity index (χ3v) is 6.99. The second-order valence-electron chi connectivity index (χ2n) is 9.57. The van der Waals surface area contributed by atoms with Gasteiger partial charge in [-0.3, -0.25) is 9.59 Å². The third-order valence-electron chi connectivity index (χ3n) is 6.99. The summed E-state index contributed by atoms with van der Waals surface area (Å²) in [6, 6.07) is 30.6. The van der Waals surface area contributed by atoms with E-state index in [0.717, 1.165) is 5.56 Å². The van der Waals surface area contributed by atoms with Gasteiger partial charge in [-0.1, -0.05) is 60.7 Å². The van der Waals surface area contributed by atoms with Gasteiger partial charge in [0.1, 0.15) is 30.5 Å². The van der Waals surface area contributed by atoms with E-state index >= 15 is 0 Å². The number of hydrogen-bond donors (Lipinski definition) is 1. The van der Waals surface area contributed by atoms with Crippen molar-refractivity contribution in [1.82, 2.24) is 4.90 Å². The van der Waals surface area contributed by atoms with Crippen LogP contribution in [0.3, 0.4) is 0 Å². The Morgan fingerprint density at radius 3 is 2.27 bits per heavy atom. The van der Waals surface area contributed by atoms with E-state index in [2.05, 4.69) is 0 Å². The largest absolute Gasteiger partial charge is 0.507 e. The molecule has 1 N–H and O–H groups in total. The highest BCUT2D eigenvalue weighted by Gasteiger charge is 2.46. The Morgan fingerprint density at radius 1 is 0.800 bits per heavy atom. The molecule has 0 bridgehead atoms. The van der Waals surface area contributed by atoms with Gasteiger partial charge in [-0.15, -0.1) is 0 Å². The second kappa shape index (κ2) is 11.0. The molecule has 2 aliphatic rings. The Labute approximate surface area is 231 Å². The van der Waals surface area contributed by atoms with Crippen LogP contribution in [0.1, 0.15) is 22.7 Å².